The molecule has 1 aliphatic rings. The van der Waals surface area contributed by atoms with Crippen LogP contribution in [0.1, 0.15) is 18.4 Å². The van der Waals surface area contributed by atoms with Gasteiger partial charge < -0.3 is 15.8 Å². The summed E-state index contributed by atoms with van der Waals surface area (Å²) < 4.78 is 0. The fraction of sp³-hybridized carbons (Fsp3) is 0.364. The minimum atomic E-state index is -0.747. The van der Waals surface area contributed by atoms with Gasteiger partial charge in [0.2, 0.25) is 0 Å². The van der Waals surface area contributed by atoms with Crippen molar-refractivity contribution in [2.75, 3.05) is 17.8 Å². The first-order valence-corrected chi connectivity index (χ1v) is 5.16. The van der Waals surface area contributed by atoms with Crippen LogP contribution in [-0.4, -0.2) is 18.1 Å². The smallest absolute Gasteiger partial charge is 0.314 e. The van der Waals surface area contributed by atoms with Crippen LogP contribution in [0.2, 0.25) is 0 Å². The van der Waals surface area contributed by atoms with Crippen molar-refractivity contribution in [2.45, 2.75) is 18.3 Å². The third kappa shape index (κ3) is 1.49. The Hall–Kier alpha value is -1.75. The first kappa shape index (κ1) is 10.8. The van der Waals surface area contributed by atoms with Gasteiger partial charge in [-0.3, -0.25) is 10.6 Å². The van der Waals surface area contributed by atoms with Crippen LogP contribution in [0, 0.1) is 0 Å². The van der Waals surface area contributed by atoms with Crippen LogP contribution in [0.3, 0.4) is 0 Å². The molecule has 1 aliphatic carbocycles. The van der Waals surface area contributed by atoms with Gasteiger partial charge in [-0.2, -0.15) is 0 Å². The van der Waals surface area contributed by atoms with E-state index in [0.717, 1.165) is 16.9 Å². The minimum absolute atomic E-state index is 0.668. The lowest BCUT2D eigenvalue weighted by Gasteiger charge is -2.14. The second-order valence-corrected chi connectivity index (χ2v) is 4.04. The minimum Gasteiger partial charge on any atom is -0.481 e. The van der Waals surface area contributed by atoms with Crippen LogP contribution in [-0.2, 0) is 10.2 Å². The normalized spacial score (nSPS) is 16.6. The van der Waals surface area contributed by atoms with E-state index in [1.54, 1.807) is 13.1 Å². The molecule has 2 rings (SSSR count). The molecule has 1 fully saturated rings. The van der Waals surface area contributed by atoms with Gasteiger partial charge in [0.1, 0.15) is 0 Å². The Morgan fingerprint density at radius 3 is 2.56 bits per heavy atom. The molecule has 5 heteroatoms. The van der Waals surface area contributed by atoms with Gasteiger partial charge in [-0.05, 0) is 30.5 Å². The van der Waals surface area contributed by atoms with Crippen LogP contribution in [0.4, 0.5) is 11.4 Å². The van der Waals surface area contributed by atoms with E-state index >= 15 is 0 Å². The second-order valence-electron chi connectivity index (χ2n) is 4.04. The summed E-state index contributed by atoms with van der Waals surface area (Å²) in [5, 5.41) is 12.2. The Kier molecular flexibility index (Phi) is 2.47. The van der Waals surface area contributed by atoms with Crippen molar-refractivity contribution >= 4 is 17.3 Å². The van der Waals surface area contributed by atoms with Crippen molar-refractivity contribution in [1.29, 1.82) is 0 Å². The maximum atomic E-state index is 11.2. The summed E-state index contributed by atoms with van der Waals surface area (Å²) in [4.78, 5) is 11.2. The highest BCUT2D eigenvalue weighted by molar-refractivity contribution is 5.86. The fourth-order valence-corrected chi connectivity index (χ4v) is 1.93. The van der Waals surface area contributed by atoms with Crippen LogP contribution >= 0.6 is 0 Å². The van der Waals surface area contributed by atoms with Gasteiger partial charge in [0.25, 0.3) is 0 Å². The van der Waals surface area contributed by atoms with Crippen molar-refractivity contribution in [3.63, 3.8) is 0 Å². The number of nitrogen functional groups attached to an aromatic ring is 1. The number of rotatable bonds is 4. The van der Waals surface area contributed by atoms with Gasteiger partial charge >= 0.3 is 5.97 Å². The molecule has 0 atom stereocenters. The largest absolute Gasteiger partial charge is 0.481 e. The summed E-state index contributed by atoms with van der Waals surface area (Å²) in [7, 11) is 1.78. The van der Waals surface area contributed by atoms with E-state index in [1.165, 1.54) is 0 Å². The summed E-state index contributed by atoms with van der Waals surface area (Å²) in [6.45, 7) is 0. The van der Waals surface area contributed by atoms with Crippen LogP contribution < -0.4 is 16.6 Å². The van der Waals surface area contributed by atoms with Crippen LogP contribution in [0.15, 0.2) is 18.2 Å². The number of nitrogens with one attached hydrogen (secondary N) is 2. The zero-order valence-electron chi connectivity index (χ0n) is 9.08. The summed E-state index contributed by atoms with van der Waals surface area (Å²) in [5.41, 5.74) is 4.30. The third-order valence-electron chi connectivity index (χ3n) is 3.16. The molecule has 0 amide bonds. The Balaban J connectivity index is 2.40. The van der Waals surface area contributed by atoms with E-state index in [1.807, 2.05) is 12.1 Å². The van der Waals surface area contributed by atoms with Crippen LogP contribution in [0.5, 0.6) is 0 Å². The number of hydrogen-bond donors (Lipinski definition) is 4. The number of carbonyl (C=O) groups is 1. The topological polar surface area (TPSA) is 87.4 Å². The molecule has 0 heterocycles. The maximum absolute atomic E-state index is 11.2. The number of hydrogen-bond acceptors (Lipinski definition) is 4. The van der Waals surface area contributed by atoms with E-state index in [9.17, 15) is 9.90 Å². The van der Waals surface area contributed by atoms with E-state index in [0.29, 0.717) is 12.8 Å². The number of carboxylic acids is 1. The average Bonchev–Trinajstić information content (AvgIpc) is 3.09. The SMILES string of the molecule is CNc1cc(C2(C(=O)O)CC2)ccc1NN. The quantitative estimate of drug-likeness (QED) is 0.452. The molecule has 0 saturated heterocycles. The molecule has 5 nitrogen and oxygen atoms in total. The lowest BCUT2D eigenvalue weighted by molar-refractivity contribution is -0.140. The predicted octanol–water partition coefficient (Wildman–Crippen LogP) is 1.13. The summed E-state index contributed by atoms with van der Waals surface area (Å²) >= 11 is 0. The average molecular weight is 221 g/mol. The van der Waals surface area contributed by atoms with Gasteiger partial charge in [-0.15, -0.1) is 0 Å². The maximum Gasteiger partial charge on any atom is 0.314 e. The highest BCUT2D eigenvalue weighted by Gasteiger charge is 2.51. The van der Waals surface area contributed by atoms with Crippen molar-refractivity contribution in [2.24, 2.45) is 5.84 Å². The van der Waals surface area contributed by atoms with E-state index in [2.05, 4.69) is 10.7 Å². The van der Waals surface area contributed by atoms with Crippen molar-refractivity contribution in [3.8, 4) is 0 Å². The highest BCUT2D eigenvalue weighted by atomic mass is 16.4. The first-order valence-electron chi connectivity index (χ1n) is 5.16. The van der Waals surface area contributed by atoms with Gasteiger partial charge in [-0.1, -0.05) is 6.07 Å². The number of anilines is 2. The summed E-state index contributed by atoms with van der Waals surface area (Å²) in [6.07, 6.45) is 1.42. The highest BCUT2D eigenvalue weighted by Crippen LogP contribution is 2.49. The molecule has 0 aliphatic heterocycles. The standard InChI is InChI=1S/C11H15N3O2/c1-13-9-6-7(2-3-8(9)14-12)11(4-5-11)10(15)16/h2-3,6,13-14H,4-5,12H2,1H3,(H,15,16). The van der Waals surface area contributed by atoms with Crippen molar-refractivity contribution < 1.29 is 9.90 Å². The zero-order valence-corrected chi connectivity index (χ0v) is 9.08. The van der Waals surface area contributed by atoms with Gasteiger partial charge in [0.05, 0.1) is 16.8 Å². The van der Waals surface area contributed by atoms with Crippen molar-refractivity contribution in [3.05, 3.63) is 23.8 Å². The summed E-state index contributed by atoms with van der Waals surface area (Å²) in [6, 6.07) is 5.46. The van der Waals surface area contributed by atoms with Crippen LogP contribution in [0.25, 0.3) is 0 Å². The number of nitrogens with two attached hydrogens (primary N) is 1. The molecular formula is C11H15N3O2. The number of hydrazine groups is 1. The Bertz CT molecular complexity index is 427. The lowest BCUT2D eigenvalue weighted by atomic mass is 9.95. The molecule has 0 spiro atoms. The Morgan fingerprint density at radius 1 is 1.44 bits per heavy atom. The molecule has 1 saturated carbocycles. The van der Waals surface area contributed by atoms with Gasteiger partial charge in [0, 0.05) is 7.05 Å². The molecule has 0 bridgehead atoms. The lowest BCUT2D eigenvalue weighted by Crippen LogP contribution is -2.20. The molecule has 86 valence electrons. The monoisotopic (exact) mass is 221 g/mol. The third-order valence-corrected chi connectivity index (χ3v) is 3.16. The molecule has 0 aromatic heterocycles. The zero-order chi connectivity index (χ0) is 11.8. The molecule has 16 heavy (non-hydrogen) atoms. The first-order chi connectivity index (χ1) is 7.64. The van der Waals surface area contributed by atoms with Gasteiger partial charge in [0.15, 0.2) is 0 Å². The molecule has 0 radical (unpaired) electrons. The molecule has 0 unspecified atom stereocenters. The number of carboxylic acid groups (broad SMARTS) is 1. The van der Waals surface area contributed by atoms with Gasteiger partial charge in [-0.25, -0.2) is 0 Å². The van der Waals surface area contributed by atoms with E-state index < -0.39 is 11.4 Å². The molecular weight excluding hydrogens is 206 g/mol. The fourth-order valence-electron chi connectivity index (χ4n) is 1.93. The Morgan fingerprint density at radius 2 is 2.12 bits per heavy atom. The predicted molar refractivity (Wildman–Crippen MR) is 62.3 cm³/mol. The number of aliphatic carboxylic acids is 1. The molecule has 1 aromatic rings. The molecule has 5 N–H and O–H groups in total. The van der Waals surface area contributed by atoms with E-state index in [4.69, 9.17) is 5.84 Å². The molecule has 1 aromatic carbocycles. The van der Waals surface area contributed by atoms with E-state index in [-0.39, 0.29) is 0 Å². The second kappa shape index (κ2) is 3.68. The Labute approximate surface area is 93.6 Å². The summed E-state index contributed by atoms with van der Waals surface area (Å²) in [5.74, 6) is 4.61. The number of benzene rings is 1. The van der Waals surface area contributed by atoms with Crippen molar-refractivity contribution in [1.82, 2.24) is 0 Å².